The summed E-state index contributed by atoms with van der Waals surface area (Å²) in [6.07, 6.45) is -4.37. The van der Waals surface area contributed by atoms with Crippen LogP contribution in [0.2, 0.25) is 0 Å². The van der Waals surface area contributed by atoms with E-state index in [0.717, 1.165) is 12.1 Å². The summed E-state index contributed by atoms with van der Waals surface area (Å²) in [4.78, 5) is 26.4. The monoisotopic (exact) mass is 344 g/mol. The largest absolute Gasteiger partial charge is 0.416 e. The lowest BCUT2D eigenvalue weighted by atomic mass is 10.1. The number of nitrogens with one attached hydrogen (secondary N) is 2. The van der Waals surface area contributed by atoms with Crippen LogP contribution >= 0.6 is 0 Å². The molecule has 132 valence electrons. The molecule has 0 atom stereocenters. The lowest BCUT2D eigenvalue weighted by Gasteiger charge is -2.35. The zero-order valence-electron chi connectivity index (χ0n) is 13.2. The maximum atomic E-state index is 12.8. The average molecular weight is 344 g/mol. The molecule has 0 spiro atoms. The van der Waals surface area contributed by atoms with E-state index < -0.39 is 23.7 Å². The third-order valence-electron chi connectivity index (χ3n) is 3.76. The van der Waals surface area contributed by atoms with Gasteiger partial charge in [-0.05, 0) is 18.2 Å². The molecule has 0 saturated carbocycles. The SMILES string of the molecule is CNC(=O)NC(=O)CN1CCN(c2cccc(C(F)(F)F)c2)CC1. The number of piperazine rings is 1. The van der Waals surface area contributed by atoms with Gasteiger partial charge in [0.25, 0.3) is 0 Å². The van der Waals surface area contributed by atoms with Crippen LogP contribution < -0.4 is 15.5 Å². The van der Waals surface area contributed by atoms with E-state index in [1.165, 1.54) is 13.1 Å². The Labute approximate surface area is 137 Å². The first-order chi connectivity index (χ1) is 11.3. The molecule has 2 N–H and O–H groups in total. The first kappa shape index (κ1) is 18.1. The number of halogens is 3. The van der Waals surface area contributed by atoms with Gasteiger partial charge in [-0.25, -0.2) is 4.79 Å². The molecular weight excluding hydrogens is 325 g/mol. The molecule has 6 nitrogen and oxygen atoms in total. The number of carbonyl (C=O) groups excluding carboxylic acids is 2. The molecule has 9 heteroatoms. The van der Waals surface area contributed by atoms with Crippen molar-refractivity contribution < 1.29 is 22.8 Å². The number of amides is 3. The summed E-state index contributed by atoms with van der Waals surface area (Å²) in [5.74, 6) is -0.415. The van der Waals surface area contributed by atoms with Crippen LogP contribution in [-0.4, -0.2) is 56.6 Å². The minimum Gasteiger partial charge on any atom is -0.369 e. The third-order valence-corrected chi connectivity index (χ3v) is 3.76. The van der Waals surface area contributed by atoms with E-state index >= 15 is 0 Å². The molecule has 1 aromatic carbocycles. The molecule has 0 unspecified atom stereocenters. The molecule has 1 heterocycles. The molecule has 1 aliphatic heterocycles. The summed E-state index contributed by atoms with van der Waals surface area (Å²) < 4.78 is 38.3. The van der Waals surface area contributed by atoms with Gasteiger partial charge >= 0.3 is 12.2 Å². The highest BCUT2D eigenvalue weighted by atomic mass is 19.4. The van der Waals surface area contributed by atoms with Crippen LogP contribution in [0.1, 0.15) is 5.56 Å². The van der Waals surface area contributed by atoms with Gasteiger partial charge in [0.2, 0.25) is 5.91 Å². The fourth-order valence-electron chi connectivity index (χ4n) is 2.47. The van der Waals surface area contributed by atoms with Crippen LogP contribution in [0, 0.1) is 0 Å². The number of rotatable bonds is 3. The van der Waals surface area contributed by atoms with Gasteiger partial charge in [0.1, 0.15) is 0 Å². The van der Waals surface area contributed by atoms with Gasteiger partial charge in [0.15, 0.2) is 0 Å². The molecular formula is C15H19F3N4O2. The standard InChI is InChI=1S/C15H19F3N4O2/c1-19-14(24)20-13(23)10-21-5-7-22(8-6-21)12-4-2-3-11(9-12)15(16,17)18/h2-4,9H,5-8,10H2,1H3,(H2,19,20,23,24). The van der Waals surface area contributed by atoms with E-state index in [2.05, 4.69) is 10.6 Å². The first-order valence-corrected chi connectivity index (χ1v) is 7.45. The zero-order valence-corrected chi connectivity index (χ0v) is 13.2. The van der Waals surface area contributed by atoms with Crippen molar-refractivity contribution in [2.45, 2.75) is 6.18 Å². The van der Waals surface area contributed by atoms with Crippen molar-refractivity contribution in [2.75, 3.05) is 44.7 Å². The fraction of sp³-hybridized carbons (Fsp3) is 0.467. The predicted octanol–water partition coefficient (Wildman–Crippen LogP) is 1.28. The Hall–Kier alpha value is -2.29. The first-order valence-electron chi connectivity index (χ1n) is 7.45. The number of carbonyl (C=O) groups is 2. The summed E-state index contributed by atoms with van der Waals surface area (Å²) in [6, 6.07) is 4.64. The maximum Gasteiger partial charge on any atom is 0.416 e. The second kappa shape index (κ2) is 7.52. The van der Waals surface area contributed by atoms with Crippen LogP contribution in [0.5, 0.6) is 0 Å². The molecule has 0 aromatic heterocycles. The van der Waals surface area contributed by atoms with Gasteiger partial charge in [-0.2, -0.15) is 13.2 Å². The fourth-order valence-corrected chi connectivity index (χ4v) is 2.47. The second-order valence-corrected chi connectivity index (χ2v) is 5.44. The molecule has 0 radical (unpaired) electrons. The predicted molar refractivity (Wildman–Crippen MR) is 82.7 cm³/mol. The third kappa shape index (κ3) is 4.85. The Morgan fingerprint density at radius 1 is 1.17 bits per heavy atom. The van der Waals surface area contributed by atoms with Gasteiger partial charge in [-0.3, -0.25) is 15.0 Å². The summed E-state index contributed by atoms with van der Waals surface area (Å²) in [7, 11) is 1.41. The van der Waals surface area contributed by atoms with Gasteiger partial charge in [0.05, 0.1) is 12.1 Å². The molecule has 3 amide bonds. The number of hydrogen-bond acceptors (Lipinski definition) is 4. The van der Waals surface area contributed by atoms with E-state index in [1.807, 2.05) is 9.80 Å². The summed E-state index contributed by atoms with van der Waals surface area (Å²) in [5.41, 5.74) is -0.160. The number of imide groups is 1. The number of benzene rings is 1. The summed E-state index contributed by atoms with van der Waals surface area (Å²) >= 11 is 0. The average Bonchev–Trinajstić information content (AvgIpc) is 2.54. The Kier molecular flexibility index (Phi) is 5.66. The van der Waals surface area contributed by atoms with Crippen LogP contribution in [-0.2, 0) is 11.0 Å². The van der Waals surface area contributed by atoms with Crippen molar-refractivity contribution in [1.82, 2.24) is 15.5 Å². The van der Waals surface area contributed by atoms with Crippen LogP contribution in [0.3, 0.4) is 0 Å². The number of alkyl halides is 3. The van der Waals surface area contributed by atoms with Gasteiger partial charge in [0, 0.05) is 38.9 Å². The molecule has 24 heavy (non-hydrogen) atoms. The molecule has 1 aromatic rings. The highest BCUT2D eigenvalue weighted by Crippen LogP contribution is 2.31. The Morgan fingerprint density at radius 2 is 1.83 bits per heavy atom. The Balaban J connectivity index is 1.89. The van der Waals surface area contributed by atoms with Gasteiger partial charge in [-0.15, -0.1) is 0 Å². The lowest BCUT2D eigenvalue weighted by Crippen LogP contribution is -2.50. The Bertz CT molecular complexity index is 599. The highest BCUT2D eigenvalue weighted by molar-refractivity contribution is 5.95. The molecule has 1 aliphatic rings. The molecule has 2 rings (SSSR count). The molecule has 1 saturated heterocycles. The van der Waals surface area contributed by atoms with Crippen molar-refractivity contribution >= 4 is 17.6 Å². The number of nitrogens with zero attached hydrogens (tertiary/aromatic N) is 2. The van der Waals surface area contributed by atoms with Gasteiger partial charge in [-0.1, -0.05) is 6.07 Å². The van der Waals surface area contributed by atoms with Crippen LogP contribution in [0.25, 0.3) is 0 Å². The van der Waals surface area contributed by atoms with Crippen molar-refractivity contribution in [2.24, 2.45) is 0 Å². The van der Waals surface area contributed by atoms with E-state index in [1.54, 1.807) is 6.07 Å². The topological polar surface area (TPSA) is 64.7 Å². The van der Waals surface area contributed by atoms with Crippen molar-refractivity contribution in [3.8, 4) is 0 Å². The van der Waals surface area contributed by atoms with Crippen LogP contribution in [0.15, 0.2) is 24.3 Å². The second-order valence-electron chi connectivity index (χ2n) is 5.44. The highest BCUT2D eigenvalue weighted by Gasteiger charge is 2.31. The maximum absolute atomic E-state index is 12.8. The molecule has 0 aliphatic carbocycles. The number of urea groups is 1. The van der Waals surface area contributed by atoms with Crippen LogP contribution in [0.4, 0.5) is 23.7 Å². The van der Waals surface area contributed by atoms with Gasteiger partial charge < -0.3 is 10.2 Å². The quantitative estimate of drug-likeness (QED) is 0.867. The zero-order chi connectivity index (χ0) is 17.7. The van der Waals surface area contributed by atoms with E-state index in [9.17, 15) is 22.8 Å². The van der Waals surface area contributed by atoms with E-state index in [-0.39, 0.29) is 6.54 Å². The van der Waals surface area contributed by atoms with Crippen molar-refractivity contribution in [3.05, 3.63) is 29.8 Å². The minimum atomic E-state index is -4.37. The lowest BCUT2D eigenvalue weighted by molar-refractivity contribution is -0.137. The van der Waals surface area contributed by atoms with Crippen molar-refractivity contribution in [3.63, 3.8) is 0 Å². The number of hydrogen-bond donors (Lipinski definition) is 2. The minimum absolute atomic E-state index is 0.0733. The smallest absolute Gasteiger partial charge is 0.369 e. The number of anilines is 1. The van der Waals surface area contributed by atoms with E-state index in [4.69, 9.17) is 0 Å². The Morgan fingerprint density at radius 3 is 2.42 bits per heavy atom. The molecule has 0 bridgehead atoms. The normalized spacial score (nSPS) is 15.9. The molecule has 1 fully saturated rings. The van der Waals surface area contributed by atoms with Crippen molar-refractivity contribution in [1.29, 1.82) is 0 Å². The summed E-state index contributed by atoms with van der Waals surface area (Å²) in [6.45, 7) is 2.14. The van der Waals surface area contributed by atoms with E-state index in [0.29, 0.717) is 31.9 Å². The summed E-state index contributed by atoms with van der Waals surface area (Å²) in [5, 5.41) is 4.46.